The first kappa shape index (κ1) is 11.4. The van der Waals surface area contributed by atoms with Gasteiger partial charge in [0.05, 0.1) is 6.10 Å². The minimum atomic E-state index is -0.502. The van der Waals surface area contributed by atoms with E-state index in [0.717, 1.165) is 18.8 Å². The average molecular weight is 223 g/mol. The summed E-state index contributed by atoms with van der Waals surface area (Å²) in [5.74, 6) is -0.203. The molecule has 1 N–H and O–H groups in total. The molecule has 2 nitrogen and oxygen atoms in total. The van der Waals surface area contributed by atoms with Gasteiger partial charge in [-0.05, 0) is 31.9 Å². The van der Waals surface area contributed by atoms with Crippen molar-refractivity contribution in [1.82, 2.24) is 0 Å². The van der Waals surface area contributed by atoms with Crippen LogP contribution < -0.4 is 4.90 Å². The Morgan fingerprint density at radius 2 is 2.06 bits per heavy atom. The number of aliphatic hydroxyl groups is 1. The molecule has 1 aliphatic rings. The van der Waals surface area contributed by atoms with Gasteiger partial charge in [0.1, 0.15) is 5.82 Å². The molecule has 0 radical (unpaired) electrons. The van der Waals surface area contributed by atoms with Gasteiger partial charge in [0.15, 0.2) is 0 Å². The van der Waals surface area contributed by atoms with Gasteiger partial charge in [-0.1, -0.05) is 6.07 Å². The van der Waals surface area contributed by atoms with Crippen molar-refractivity contribution in [2.24, 2.45) is 0 Å². The normalized spacial score (nSPS) is 17.8. The average Bonchev–Trinajstić information content (AvgIpc) is 2.73. The summed E-state index contributed by atoms with van der Waals surface area (Å²) < 4.78 is 13.7. The third-order valence-corrected chi connectivity index (χ3v) is 3.04. The molecule has 0 spiro atoms. The van der Waals surface area contributed by atoms with Crippen LogP contribution in [0.5, 0.6) is 0 Å². The zero-order chi connectivity index (χ0) is 11.5. The molecular weight excluding hydrogens is 205 g/mol. The highest BCUT2D eigenvalue weighted by atomic mass is 19.1. The second-order valence-electron chi connectivity index (χ2n) is 4.48. The van der Waals surface area contributed by atoms with Crippen molar-refractivity contribution in [1.29, 1.82) is 0 Å². The number of anilines is 1. The van der Waals surface area contributed by atoms with Gasteiger partial charge < -0.3 is 10.0 Å². The Balaban J connectivity index is 2.31. The van der Waals surface area contributed by atoms with E-state index in [4.69, 9.17) is 0 Å². The molecule has 1 aromatic rings. The zero-order valence-corrected chi connectivity index (χ0v) is 9.62. The van der Waals surface area contributed by atoms with Crippen LogP contribution in [-0.2, 0) is 6.42 Å². The molecule has 1 aromatic carbocycles. The largest absolute Gasteiger partial charge is 0.393 e. The van der Waals surface area contributed by atoms with E-state index < -0.39 is 6.10 Å². The van der Waals surface area contributed by atoms with Crippen molar-refractivity contribution in [2.45, 2.75) is 32.3 Å². The molecule has 16 heavy (non-hydrogen) atoms. The molecule has 88 valence electrons. The number of benzene rings is 1. The van der Waals surface area contributed by atoms with Gasteiger partial charge in [0.25, 0.3) is 0 Å². The lowest BCUT2D eigenvalue weighted by atomic mass is 10.0. The SMILES string of the molecule is CC(O)Cc1c(F)cccc1N1CCCC1. The first-order valence-electron chi connectivity index (χ1n) is 5.89. The summed E-state index contributed by atoms with van der Waals surface area (Å²) in [4.78, 5) is 2.21. The predicted octanol–water partition coefficient (Wildman–Crippen LogP) is 2.35. The third-order valence-electron chi connectivity index (χ3n) is 3.04. The molecule has 0 amide bonds. The second kappa shape index (κ2) is 4.83. The van der Waals surface area contributed by atoms with Crippen LogP contribution in [0.3, 0.4) is 0 Å². The number of hydrogen-bond acceptors (Lipinski definition) is 2. The summed E-state index contributed by atoms with van der Waals surface area (Å²) in [6.07, 6.45) is 2.23. The Morgan fingerprint density at radius 3 is 2.69 bits per heavy atom. The highest BCUT2D eigenvalue weighted by Crippen LogP contribution is 2.27. The standard InChI is InChI=1S/C13H18FNO/c1-10(16)9-11-12(14)5-4-6-13(11)15-7-2-3-8-15/h4-6,10,16H,2-3,7-9H2,1H3. The van der Waals surface area contributed by atoms with Gasteiger partial charge in [-0.25, -0.2) is 4.39 Å². The van der Waals surface area contributed by atoms with Crippen molar-refractivity contribution < 1.29 is 9.50 Å². The molecule has 2 rings (SSSR count). The van der Waals surface area contributed by atoms with E-state index in [-0.39, 0.29) is 5.82 Å². The van der Waals surface area contributed by atoms with Crippen LogP contribution in [0.4, 0.5) is 10.1 Å². The molecule has 1 unspecified atom stereocenters. The summed E-state index contributed by atoms with van der Waals surface area (Å²) in [5, 5.41) is 9.41. The van der Waals surface area contributed by atoms with Crippen molar-refractivity contribution in [2.75, 3.05) is 18.0 Å². The molecule has 1 fully saturated rings. The van der Waals surface area contributed by atoms with Gasteiger partial charge >= 0.3 is 0 Å². The van der Waals surface area contributed by atoms with E-state index in [1.165, 1.54) is 18.9 Å². The molecule has 0 aromatic heterocycles. The highest BCUT2D eigenvalue weighted by Gasteiger charge is 2.18. The Morgan fingerprint density at radius 1 is 1.38 bits per heavy atom. The van der Waals surface area contributed by atoms with E-state index in [2.05, 4.69) is 4.90 Å². The lowest BCUT2D eigenvalue weighted by Crippen LogP contribution is -2.21. The maximum atomic E-state index is 13.7. The van der Waals surface area contributed by atoms with Crippen LogP contribution >= 0.6 is 0 Å². The monoisotopic (exact) mass is 223 g/mol. The Hall–Kier alpha value is -1.09. The molecule has 0 bridgehead atoms. The molecule has 1 atom stereocenters. The van der Waals surface area contributed by atoms with Crippen molar-refractivity contribution in [3.63, 3.8) is 0 Å². The molecule has 0 aliphatic carbocycles. The van der Waals surface area contributed by atoms with Crippen LogP contribution in [0.2, 0.25) is 0 Å². The fraction of sp³-hybridized carbons (Fsp3) is 0.538. The number of rotatable bonds is 3. The van der Waals surface area contributed by atoms with Crippen molar-refractivity contribution in [3.8, 4) is 0 Å². The highest BCUT2D eigenvalue weighted by molar-refractivity contribution is 5.55. The number of halogens is 1. The van der Waals surface area contributed by atoms with Gasteiger partial charge in [-0.2, -0.15) is 0 Å². The van der Waals surface area contributed by atoms with Crippen LogP contribution in [0, 0.1) is 5.82 Å². The number of hydrogen-bond donors (Lipinski definition) is 1. The van der Waals surface area contributed by atoms with Crippen molar-refractivity contribution >= 4 is 5.69 Å². The smallest absolute Gasteiger partial charge is 0.128 e. The van der Waals surface area contributed by atoms with E-state index in [0.29, 0.717) is 12.0 Å². The fourth-order valence-electron chi connectivity index (χ4n) is 2.30. The number of aliphatic hydroxyl groups excluding tert-OH is 1. The molecule has 1 aliphatic heterocycles. The first-order valence-corrected chi connectivity index (χ1v) is 5.89. The molecule has 1 heterocycles. The summed E-state index contributed by atoms with van der Waals surface area (Å²) in [7, 11) is 0. The van der Waals surface area contributed by atoms with E-state index in [9.17, 15) is 9.50 Å². The van der Waals surface area contributed by atoms with Gasteiger partial charge in [-0.3, -0.25) is 0 Å². The molecule has 1 saturated heterocycles. The zero-order valence-electron chi connectivity index (χ0n) is 9.62. The predicted molar refractivity (Wildman–Crippen MR) is 63.2 cm³/mol. The summed E-state index contributed by atoms with van der Waals surface area (Å²) in [6, 6.07) is 5.16. The van der Waals surface area contributed by atoms with Gasteiger partial charge in [0, 0.05) is 30.8 Å². The topological polar surface area (TPSA) is 23.5 Å². The van der Waals surface area contributed by atoms with Crippen LogP contribution in [0.1, 0.15) is 25.3 Å². The molecule has 3 heteroatoms. The summed E-state index contributed by atoms with van der Waals surface area (Å²) in [6.45, 7) is 3.69. The second-order valence-corrected chi connectivity index (χ2v) is 4.48. The first-order chi connectivity index (χ1) is 7.68. The van der Waals surface area contributed by atoms with Gasteiger partial charge in [0.2, 0.25) is 0 Å². The van der Waals surface area contributed by atoms with Crippen LogP contribution in [0.15, 0.2) is 18.2 Å². The van der Waals surface area contributed by atoms with Gasteiger partial charge in [-0.15, -0.1) is 0 Å². The lowest BCUT2D eigenvalue weighted by Gasteiger charge is -2.22. The lowest BCUT2D eigenvalue weighted by molar-refractivity contribution is 0.194. The maximum absolute atomic E-state index is 13.7. The summed E-state index contributed by atoms with van der Waals surface area (Å²) in [5.41, 5.74) is 1.61. The Bertz CT molecular complexity index is 359. The van der Waals surface area contributed by atoms with E-state index in [1.54, 1.807) is 13.0 Å². The maximum Gasteiger partial charge on any atom is 0.128 e. The number of nitrogens with zero attached hydrogens (tertiary/aromatic N) is 1. The van der Waals surface area contributed by atoms with Crippen LogP contribution in [-0.4, -0.2) is 24.3 Å². The van der Waals surface area contributed by atoms with Crippen LogP contribution in [0.25, 0.3) is 0 Å². The van der Waals surface area contributed by atoms with Crippen molar-refractivity contribution in [3.05, 3.63) is 29.6 Å². The Kier molecular flexibility index (Phi) is 3.44. The van der Waals surface area contributed by atoms with E-state index in [1.807, 2.05) is 6.07 Å². The molecule has 0 saturated carbocycles. The third kappa shape index (κ3) is 2.35. The Labute approximate surface area is 95.7 Å². The quantitative estimate of drug-likeness (QED) is 0.850. The minimum Gasteiger partial charge on any atom is -0.393 e. The minimum absolute atomic E-state index is 0.203. The molecular formula is C13H18FNO. The van der Waals surface area contributed by atoms with E-state index >= 15 is 0 Å². The fourth-order valence-corrected chi connectivity index (χ4v) is 2.30. The summed E-state index contributed by atoms with van der Waals surface area (Å²) >= 11 is 0.